The molecule has 0 aromatic heterocycles. The highest BCUT2D eigenvalue weighted by atomic mass is 16.6. The molecule has 1 heterocycles. The molecule has 0 amide bonds. The van der Waals surface area contributed by atoms with E-state index in [4.69, 9.17) is 9.31 Å². The fourth-order valence-corrected chi connectivity index (χ4v) is 2.25. The van der Waals surface area contributed by atoms with Crippen LogP contribution in [0.25, 0.3) is 0 Å². The van der Waals surface area contributed by atoms with Crippen LogP contribution in [0.1, 0.15) is 18.4 Å². The van der Waals surface area contributed by atoms with E-state index in [9.17, 15) is 0 Å². The highest BCUT2D eigenvalue weighted by Crippen LogP contribution is 2.35. The Morgan fingerprint density at radius 3 is 2.06 bits per heavy atom. The van der Waals surface area contributed by atoms with Crippen LogP contribution in [-0.2, 0) is 0 Å². The van der Waals surface area contributed by atoms with Gasteiger partial charge in [-0.25, -0.2) is 0 Å². The maximum atomic E-state index is 5.78. The molecule has 3 rings (SSSR count). The second kappa shape index (κ2) is 4.77. The molecular weight excluding hydrogens is 223 g/mol. The number of benzene rings is 2. The maximum Gasteiger partial charge on any atom is 0.595 e. The Morgan fingerprint density at radius 1 is 0.889 bits per heavy atom. The van der Waals surface area contributed by atoms with Gasteiger partial charge in [-0.05, 0) is 23.6 Å². The molecule has 2 aromatic rings. The standard InChI is InChI=1S/C15H15BO2/c1-12(13-7-3-2-4-8-13)11-16-17-14-9-5-6-10-15(14)18-16/h2-10,12H,11H2,1H3. The lowest BCUT2D eigenvalue weighted by molar-refractivity contribution is 0.488. The molecule has 2 aromatic carbocycles. The van der Waals surface area contributed by atoms with Gasteiger partial charge < -0.3 is 9.31 Å². The van der Waals surface area contributed by atoms with E-state index in [0.29, 0.717) is 5.92 Å². The van der Waals surface area contributed by atoms with Crippen molar-refractivity contribution in [2.75, 3.05) is 0 Å². The molecule has 0 saturated carbocycles. The van der Waals surface area contributed by atoms with Crippen molar-refractivity contribution in [2.24, 2.45) is 0 Å². The van der Waals surface area contributed by atoms with Gasteiger partial charge in [-0.15, -0.1) is 0 Å². The van der Waals surface area contributed by atoms with E-state index in [0.717, 1.165) is 17.8 Å². The van der Waals surface area contributed by atoms with Gasteiger partial charge in [-0.2, -0.15) is 0 Å². The van der Waals surface area contributed by atoms with Crippen LogP contribution in [0.2, 0.25) is 6.32 Å². The van der Waals surface area contributed by atoms with E-state index in [2.05, 4.69) is 31.2 Å². The molecule has 1 aliphatic heterocycles. The fourth-order valence-electron chi connectivity index (χ4n) is 2.25. The number of hydrogen-bond donors (Lipinski definition) is 0. The van der Waals surface area contributed by atoms with E-state index in [-0.39, 0.29) is 7.12 Å². The molecule has 0 bridgehead atoms. The molecular formula is C15H15BO2. The van der Waals surface area contributed by atoms with Crippen molar-refractivity contribution < 1.29 is 9.31 Å². The first-order valence-electron chi connectivity index (χ1n) is 6.30. The van der Waals surface area contributed by atoms with Crippen LogP contribution in [0.4, 0.5) is 0 Å². The van der Waals surface area contributed by atoms with Crippen LogP contribution >= 0.6 is 0 Å². The third-order valence-electron chi connectivity index (χ3n) is 3.28. The molecule has 2 nitrogen and oxygen atoms in total. The van der Waals surface area contributed by atoms with Crippen LogP contribution in [0.5, 0.6) is 11.5 Å². The van der Waals surface area contributed by atoms with Crippen molar-refractivity contribution in [1.82, 2.24) is 0 Å². The molecule has 0 fully saturated rings. The molecule has 0 radical (unpaired) electrons. The van der Waals surface area contributed by atoms with Gasteiger partial charge in [0.15, 0.2) is 0 Å². The number of hydrogen-bond acceptors (Lipinski definition) is 2. The second-order valence-corrected chi connectivity index (χ2v) is 4.66. The first-order chi connectivity index (χ1) is 8.83. The van der Waals surface area contributed by atoms with Crippen molar-refractivity contribution in [3.8, 4) is 11.5 Å². The summed E-state index contributed by atoms with van der Waals surface area (Å²) in [5, 5.41) is 0. The Labute approximate surface area is 108 Å². The lowest BCUT2D eigenvalue weighted by Gasteiger charge is -2.12. The smallest absolute Gasteiger partial charge is 0.523 e. The van der Waals surface area contributed by atoms with Gasteiger partial charge in [-0.1, -0.05) is 49.4 Å². The predicted octanol–water partition coefficient (Wildman–Crippen LogP) is 3.75. The van der Waals surface area contributed by atoms with Crippen LogP contribution < -0.4 is 9.31 Å². The molecule has 1 unspecified atom stereocenters. The van der Waals surface area contributed by atoms with Gasteiger partial charge in [0, 0.05) is 6.32 Å². The van der Waals surface area contributed by atoms with E-state index < -0.39 is 0 Å². The monoisotopic (exact) mass is 238 g/mol. The van der Waals surface area contributed by atoms with Gasteiger partial charge in [-0.3, -0.25) is 0 Å². The summed E-state index contributed by atoms with van der Waals surface area (Å²) in [7, 11) is -0.169. The van der Waals surface area contributed by atoms with Crippen molar-refractivity contribution in [3.05, 3.63) is 60.2 Å². The molecule has 0 N–H and O–H groups in total. The minimum atomic E-state index is -0.169. The SMILES string of the molecule is CC(CB1Oc2ccccc2O1)c1ccccc1. The third-order valence-corrected chi connectivity index (χ3v) is 3.28. The normalized spacial score (nSPS) is 14.6. The topological polar surface area (TPSA) is 18.5 Å². The van der Waals surface area contributed by atoms with Crippen LogP contribution in [0.3, 0.4) is 0 Å². The largest absolute Gasteiger partial charge is 0.595 e. The first-order valence-corrected chi connectivity index (χ1v) is 6.30. The molecule has 0 aliphatic carbocycles. The number of rotatable bonds is 3. The fraction of sp³-hybridized carbons (Fsp3) is 0.200. The average Bonchev–Trinajstić information content (AvgIpc) is 2.82. The lowest BCUT2D eigenvalue weighted by atomic mass is 9.76. The van der Waals surface area contributed by atoms with Gasteiger partial charge >= 0.3 is 7.12 Å². The average molecular weight is 238 g/mol. The predicted molar refractivity (Wildman–Crippen MR) is 73.1 cm³/mol. The molecule has 0 spiro atoms. The van der Waals surface area contributed by atoms with Crippen LogP contribution in [-0.4, -0.2) is 7.12 Å². The summed E-state index contributed by atoms with van der Waals surface area (Å²) in [6.07, 6.45) is 0.860. The Hall–Kier alpha value is -1.90. The molecule has 3 heteroatoms. The van der Waals surface area contributed by atoms with Crippen molar-refractivity contribution in [3.63, 3.8) is 0 Å². The molecule has 0 saturated heterocycles. The lowest BCUT2D eigenvalue weighted by Crippen LogP contribution is -2.25. The van der Waals surface area contributed by atoms with Gasteiger partial charge in [0.05, 0.1) is 0 Å². The molecule has 1 atom stereocenters. The summed E-state index contributed by atoms with van der Waals surface area (Å²) in [5.74, 6) is 2.12. The summed E-state index contributed by atoms with van der Waals surface area (Å²) in [5.41, 5.74) is 1.32. The minimum absolute atomic E-state index is 0.169. The third kappa shape index (κ3) is 2.21. The number of fused-ring (bicyclic) bond motifs is 1. The molecule has 90 valence electrons. The highest BCUT2D eigenvalue weighted by Gasteiger charge is 2.33. The van der Waals surface area contributed by atoms with Crippen molar-refractivity contribution in [2.45, 2.75) is 19.2 Å². The van der Waals surface area contributed by atoms with E-state index in [1.165, 1.54) is 5.56 Å². The Balaban J connectivity index is 1.66. The summed E-state index contributed by atoms with van der Waals surface area (Å²) in [6, 6.07) is 18.3. The maximum absolute atomic E-state index is 5.78. The zero-order chi connectivity index (χ0) is 12.4. The first kappa shape index (κ1) is 11.2. The summed E-state index contributed by atoms with van der Waals surface area (Å²) < 4.78 is 11.6. The van der Waals surface area contributed by atoms with Gasteiger partial charge in [0.2, 0.25) is 0 Å². The zero-order valence-corrected chi connectivity index (χ0v) is 10.4. The summed E-state index contributed by atoms with van der Waals surface area (Å²) in [4.78, 5) is 0. The zero-order valence-electron chi connectivity index (χ0n) is 10.4. The molecule has 1 aliphatic rings. The van der Waals surface area contributed by atoms with Crippen LogP contribution in [0.15, 0.2) is 54.6 Å². The molecule has 18 heavy (non-hydrogen) atoms. The second-order valence-electron chi connectivity index (χ2n) is 4.66. The van der Waals surface area contributed by atoms with Gasteiger partial charge in [0.1, 0.15) is 11.5 Å². The number of para-hydroxylation sites is 2. The minimum Gasteiger partial charge on any atom is -0.523 e. The quantitative estimate of drug-likeness (QED) is 0.758. The van der Waals surface area contributed by atoms with E-state index in [1.807, 2.05) is 30.3 Å². The summed E-state index contributed by atoms with van der Waals surface area (Å²) in [6.45, 7) is 2.20. The van der Waals surface area contributed by atoms with E-state index >= 15 is 0 Å². The Morgan fingerprint density at radius 2 is 1.44 bits per heavy atom. The van der Waals surface area contributed by atoms with E-state index in [1.54, 1.807) is 0 Å². The highest BCUT2D eigenvalue weighted by molar-refractivity contribution is 6.47. The van der Waals surface area contributed by atoms with Crippen molar-refractivity contribution in [1.29, 1.82) is 0 Å². The summed E-state index contributed by atoms with van der Waals surface area (Å²) >= 11 is 0. The Bertz CT molecular complexity index is 502. The Kier molecular flexibility index (Phi) is 2.97. The van der Waals surface area contributed by atoms with Crippen LogP contribution in [0, 0.1) is 0 Å². The van der Waals surface area contributed by atoms with Gasteiger partial charge in [0.25, 0.3) is 0 Å². The van der Waals surface area contributed by atoms with Crippen molar-refractivity contribution >= 4 is 7.12 Å².